The summed E-state index contributed by atoms with van der Waals surface area (Å²) in [6.07, 6.45) is -3.38. The van der Waals surface area contributed by atoms with Crippen LogP contribution < -0.4 is 11.1 Å². The lowest BCUT2D eigenvalue weighted by molar-refractivity contribution is -0.142. The molecule has 0 saturated heterocycles. The molecule has 0 aliphatic heterocycles. The molecular weight excluding hydrogens is 475 g/mol. The van der Waals surface area contributed by atoms with Gasteiger partial charge in [-0.15, -0.1) is 0 Å². The van der Waals surface area contributed by atoms with Crippen LogP contribution in [-0.4, -0.2) is 36.2 Å². The second-order valence-corrected chi connectivity index (χ2v) is 7.95. The van der Waals surface area contributed by atoms with Crippen LogP contribution in [0.3, 0.4) is 0 Å². The molecule has 0 spiro atoms. The van der Waals surface area contributed by atoms with Gasteiger partial charge in [-0.2, -0.15) is 23.4 Å². The summed E-state index contributed by atoms with van der Waals surface area (Å²) in [4.78, 5) is 28.8. The fraction of sp³-hybridized carbons (Fsp3) is 0.125. The number of nitrogens with zero attached hydrogens (tertiary/aromatic N) is 5. The van der Waals surface area contributed by atoms with Crippen LogP contribution in [0.15, 0.2) is 60.8 Å². The Balaban J connectivity index is 1.58. The van der Waals surface area contributed by atoms with E-state index >= 15 is 0 Å². The number of fused-ring (bicyclic) bond motifs is 2. The van der Waals surface area contributed by atoms with Crippen LogP contribution >= 0.6 is 0 Å². The van der Waals surface area contributed by atoms with Gasteiger partial charge in [-0.05, 0) is 29.8 Å². The van der Waals surface area contributed by atoms with Crippen molar-refractivity contribution in [2.24, 2.45) is 5.73 Å². The third-order valence-corrected chi connectivity index (χ3v) is 5.56. The Morgan fingerprint density at radius 1 is 1.03 bits per heavy atom. The zero-order valence-corrected chi connectivity index (χ0v) is 18.7. The van der Waals surface area contributed by atoms with Crippen molar-refractivity contribution in [1.82, 2.24) is 24.4 Å². The van der Waals surface area contributed by atoms with E-state index in [-0.39, 0.29) is 28.4 Å². The molecule has 0 saturated carbocycles. The molecule has 9 nitrogen and oxygen atoms in total. The molecule has 0 bridgehead atoms. The summed E-state index contributed by atoms with van der Waals surface area (Å²) in [5.74, 6) is -1.72. The Morgan fingerprint density at radius 3 is 2.47 bits per heavy atom. The van der Waals surface area contributed by atoms with E-state index in [0.29, 0.717) is 16.6 Å². The number of hydrogen-bond donors (Lipinski definition) is 2. The highest BCUT2D eigenvalue weighted by molar-refractivity contribution is 6.07. The average Bonchev–Trinajstić information content (AvgIpc) is 3.46. The standard InChI is InChI=1S/C24H18F3N7O2/c1-2-33-12-18(21(32-33)22(28)35)30-23(36)17-11-20-29-16(10-19(24(25,26)27)34(20)31-17)15-8-7-13-5-3-4-6-14(13)9-15/h3-12H,2H2,1H3,(H2,28,35)(H,30,36). The number of aryl methyl sites for hydroxylation is 1. The van der Waals surface area contributed by atoms with Gasteiger partial charge >= 0.3 is 6.18 Å². The summed E-state index contributed by atoms with van der Waals surface area (Å²) in [5.41, 5.74) is 4.12. The molecule has 12 heteroatoms. The molecule has 0 unspecified atom stereocenters. The molecule has 0 radical (unpaired) electrons. The molecule has 0 aliphatic rings. The van der Waals surface area contributed by atoms with Gasteiger partial charge in [-0.1, -0.05) is 36.4 Å². The van der Waals surface area contributed by atoms with Gasteiger partial charge in [0, 0.05) is 24.4 Å². The molecule has 182 valence electrons. The summed E-state index contributed by atoms with van der Waals surface area (Å²) in [6.45, 7) is 2.17. The number of carbonyl (C=O) groups excluding carboxylic acids is 2. The largest absolute Gasteiger partial charge is 0.433 e. The number of halogens is 3. The zero-order chi connectivity index (χ0) is 25.6. The van der Waals surface area contributed by atoms with Gasteiger partial charge in [-0.3, -0.25) is 14.3 Å². The molecule has 36 heavy (non-hydrogen) atoms. The predicted molar refractivity (Wildman–Crippen MR) is 125 cm³/mol. The van der Waals surface area contributed by atoms with E-state index in [0.717, 1.165) is 22.9 Å². The molecule has 3 N–H and O–H groups in total. The minimum atomic E-state index is -4.77. The summed E-state index contributed by atoms with van der Waals surface area (Å²) < 4.78 is 43.8. The minimum absolute atomic E-state index is 0.0206. The SMILES string of the molecule is CCn1cc(NC(=O)c2cc3nc(-c4ccc5ccccc5c4)cc(C(F)(F)F)n3n2)c(C(N)=O)n1. The fourth-order valence-electron chi connectivity index (χ4n) is 3.83. The first-order valence-electron chi connectivity index (χ1n) is 10.8. The Bertz CT molecular complexity index is 1650. The van der Waals surface area contributed by atoms with Gasteiger partial charge in [0.1, 0.15) is 0 Å². The van der Waals surface area contributed by atoms with Crippen LogP contribution in [0.5, 0.6) is 0 Å². The number of nitrogens with one attached hydrogen (secondary N) is 1. The van der Waals surface area contributed by atoms with Crippen LogP contribution in [0, 0.1) is 0 Å². The summed E-state index contributed by atoms with van der Waals surface area (Å²) in [6, 6.07) is 14.7. The van der Waals surface area contributed by atoms with Gasteiger partial charge in [-0.25, -0.2) is 9.50 Å². The van der Waals surface area contributed by atoms with E-state index < -0.39 is 23.7 Å². The third kappa shape index (κ3) is 4.13. The Labute approximate surface area is 201 Å². The number of aromatic nitrogens is 5. The van der Waals surface area contributed by atoms with Gasteiger partial charge < -0.3 is 11.1 Å². The highest BCUT2D eigenvalue weighted by Crippen LogP contribution is 2.33. The quantitative estimate of drug-likeness (QED) is 0.381. The van der Waals surface area contributed by atoms with Crippen LogP contribution in [0.2, 0.25) is 0 Å². The van der Waals surface area contributed by atoms with Gasteiger partial charge in [0.15, 0.2) is 22.7 Å². The first-order valence-corrected chi connectivity index (χ1v) is 10.8. The number of primary amides is 1. The number of benzene rings is 2. The predicted octanol–water partition coefficient (Wildman–Crippen LogP) is 4.14. The second kappa shape index (κ2) is 8.48. The van der Waals surface area contributed by atoms with E-state index in [2.05, 4.69) is 20.5 Å². The zero-order valence-electron chi connectivity index (χ0n) is 18.7. The van der Waals surface area contributed by atoms with Crippen LogP contribution in [-0.2, 0) is 12.7 Å². The van der Waals surface area contributed by atoms with E-state index in [9.17, 15) is 22.8 Å². The minimum Gasteiger partial charge on any atom is -0.364 e. The molecular formula is C24H18F3N7O2. The van der Waals surface area contributed by atoms with Crippen LogP contribution in [0.25, 0.3) is 27.7 Å². The lowest BCUT2D eigenvalue weighted by Gasteiger charge is -2.11. The molecule has 3 aromatic heterocycles. The first-order chi connectivity index (χ1) is 17.1. The van der Waals surface area contributed by atoms with Gasteiger partial charge in [0.25, 0.3) is 11.8 Å². The molecule has 2 amide bonds. The molecule has 0 fully saturated rings. The molecule has 0 aliphatic carbocycles. The normalized spacial score (nSPS) is 11.8. The van der Waals surface area contributed by atoms with Crippen molar-refractivity contribution in [1.29, 1.82) is 0 Å². The number of hydrogen-bond acceptors (Lipinski definition) is 5. The number of alkyl halides is 3. The highest BCUT2D eigenvalue weighted by atomic mass is 19.4. The topological polar surface area (TPSA) is 120 Å². The average molecular weight is 493 g/mol. The van der Waals surface area contributed by atoms with Crippen molar-refractivity contribution in [3.8, 4) is 11.3 Å². The Morgan fingerprint density at radius 2 is 1.78 bits per heavy atom. The van der Waals surface area contributed by atoms with Crippen molar-refractivity contribution in [2.45, 2.75) is 19.6 Å². The van der Waals surface area contributed by atoms with Crippen molar-refractivity contribution in [2.75, 3.05) is 5.32 Å². The lowest BCUT2D eigenvalue weighted by Crippen LogP contribution is -2.18. The monoisotopic (exact) mass is 493 g/mol. The summed E-state index contributed by atoms with van der Waals surface area (Å²) in [5, 5.41) is 12.0. The number of anilines is 1. The van der Waals surface area contributed by atoms with Gasteiger partial charge in [0.05, 0.1) is 11.4 Å². The van der Waals surface area contributed by atoms with Crippen molar-refractivity contribution in [3.63, 3.8) is 0 Å². The van der Waals surface area contributed by atoms with Crippen molar-refractivity contribution in [3.05, 3.63) is 77.9 Å². The Kier molecular flexibility index (Phi) is 5.43. The summed E-state index contributed by atoms with van der Waals surface area (Å²) in [7, 11) is 0. The number of nitrogens with two attached hydrogens (primary N) is 1. The van der Waals surface area contributed by atoms with E-state index in [4.69, 9.17) is 5.73 Å². The van der Waals surface area contributed by atoms with Crippen LogP contribution in [0.4, 0.5) is 18.9 Å². The molecule has 0 atom stereocenters. The maximum absolute atomic E-state index is 14.0. The third-order valence-electron chi connectivity index (χ3n) is 5.56. The first kappa shape index (κ1) is 23.0. The Hall–Kier alpha value is -4.74. The smallest absolute Gasteiger partial charge is 0.364 e. The highest BCUT2D eigenvalue weighted by Gasteiger charge is 2.36. The second-order valence-electron chi connectivity index (χ2n) is 7.95. The van der Waals surface area contributed by atoms with Crippen LogP contribution in [0.1, 0.15) is 33.6 Å². The number of amides is 2. The van der Waals surface area contributed by atoms with Gasteiger partial charge in [0.2, 0.25) is 0 Å². The fourth-order valence-corrected chi connectivity index (χ4v) is 3.83. The van der Waals surface area contributed by atoms with Crippen molar-refractivity contribution >= 4 is 33.9 Å². The molecule has 2 aromatic carbocycles. The molecule has 5 aromatic rings. The van der Waals surface area contributed by atoms with E-state index in [1.165, 1.54) is 10.9 Å². The number of rotatable bonds is 5. The maximum Gasteiger partial charge on any atom is 0.433 e. The lowest BCUT2D eigenvalue weighted by atomic mass is 10.0. The number of carbonyl (C=O) groups is 2. The van der Waals surface area contributed by atoms with E-state index in [1.807, 2.05) is 24.3 Å². The molecule has 3 heterocycles. The van der Waals surface area contributed by atoms with Crippen molar-refractivity contribution < 1.29 is 22.8 Å². The van der Waals surface area contributed by atoms with E-state index in [1.54, 1.807) is 25.1 Å². The maximum atomic E-state index is 14.0. The molecule has 5 rings (SSSR count). The summed E-state index contributed by atoms with van der Waals surface area (Å²) >= 11 is 0.